The van der Waals surface area contributed by atoms with Gasteiger partial charge < -0.3 is 5.11 Å². The standard InChI is InChI=1S/C8H14O2/c1-3-5-7(4-2)6-8(9)10/h4H,3,5-6H2,1-2H3,(H,9,10). The first-order valence-electron chi connectivity index (χ1n) is 3.56. The summed E-state index contributed by atoms with van der Waals surface area (Å²) in [5.41, 5.74) is 1.02. The zero-order valence-electron chi connectivity index (χ0n) is 6.55. The first kappa shape index (κ1) is 9.21. The molecule has 0 bridgehead atoms. The zero-order chi connectivity index (χ0) is 7.98. The van der Waals surface area contributed by atoms with Gasteiger partial charge in [-0.15, -0.1) is 0 Å². The van der Waals surface area contributed by atoms with Gasteiger partial charge in [0, 0.05) is 0 Å². The summed E-state index contributed by atoms with van der Waals surface area (Å²) in [7, 11) is 0. The molecule has 0 atom stereocenters. The molecule has 0 aromatic carbocycles. The van der Waals surface area contributed by atoms with Crippen molar-refractivity contribution in [1.29, 1.82) is 0 Å². The van der Waals surface area contributed by atoms with Crippen molar-refractivity contribution >= 4 is 5.97 Å². The van der Waals surface area contributed by atoms with E-state index in [4.69, 9.17) is 5.11 Å². The molecule has 10 heavy (non-hydrogen) atoms. The number of aliphatic carboxylic acids is 1. The largest absolute Gasteiger partial charge is 0.481 e. The summed E-state index contributed by atoms with van der Waals surface area (Å²) < 4.78 is 0. The van der Waals surface area contributed by atoms with Crippen LogP contribution in [0.15, 0.2) is 11.6 Å². The summed E-state index contributed by atoms with van der Waals surface area (Å²) in [6.45, 7) is 3.93. The van der Waals surface area contributed by atoms with Crippen LogP contribution in [-0.4, -0.2) is 11.1 Å². The topological polar surface area (TPSA) is 37.3 Å². The van der Waals surface area contributed by atoms with E-state index >= 15 is 0 Å². The first-order chi connectivity index (χ1) is 4.70. The molecule has 0 aliphatic carbocycles. The summed E-state index contributed by atoms with van der Waals surface area (Å²) in [6.07, 6.45) is 4.01. The van der Waals surface area contributed by atoms with Gasteiger partial charge in [0.15, 0.2) is 0 Å². The quantitative estimate of drug-likeness (QED) is 0.611. The fourth-order valence-electron chi connectivity index (χ4n) is 0.850. The van der Waals surface area contributed by atoms with Crippen LogP contribution in [0.5, 0.6) is 0 Å². The lowest BCUT2D eigenvalue weighted by molar-refractivity contribution is -0.136. The Balaban J connectivity index is 3.73. The average Bonchev–Trinajstić information content (AvgIpc) is 1.86. The molecule has 0 saturated heterocycles. The van der Waals surface area contributed by atoms with Crippen LogP contribution >= 0.6 is 0 Å². The van der Waals surface area contributed by atoms with Crippen LogP contribution in [0.2, 0.25) is 0 Å². The van der Waals surface area contributed by atoms with E-state index in [0.29, 0.717) is 0 Å². The lowest BCUT2D eigenvalue weighted by Crippen LogP contribution is -1.96. The van der Waals surface area contributed by atoms with E-state index in [0.717, 1.165) is 18.4 Å². The number of hydrogen-bond acceptors (Lipinski definition) is 1. The van der Waals surface area contributed by atoms with Crippen LogP contribution in [-0.2, 0) is 4.79 Å². The highest BCUT2D eigenvalue weighted by Gasteiger charge is 2.00. The molecule has 2 heteroatoms. The molecule has 0 radical (unpaired) electrons. The maximum absolute atomic E-state index is 10.2. The van der Waals surface area contributed by atoms with Crippen LogP contribution in [0.1, 0.15) is 33.1 Å². The van der Waals surface area contributed by atoms with E-state index in [2.05, 4.69) is 0 Å². The molecule has 0 aromatic heterocycles. The Labute approximate surface area is 61.6 Å². The van der Waals surface area contributed by atoms with Crippen molar-refractivity contribution < 1.29 is 9.90 Å². The van der Waals surface area contributed by atoms with Crippen molar-refractivity contribution in [1.82, 2.24) is 0 Å². The fraction of sp³-hybridized carbons (Fsp3) is 0.625. The van der Waals surface area contributed by atoms with Gasteiger partial charge in [-0.1, -0.05) is 25.0 Å². The van der Waals surface area contributed by atoms with E-state index in [9.17, 15) is 4.79 Å². The molecule has 1 N–H and O–H groups in total. The van der Waals surface area contributed by atoms with Gasteiger partial charge in [0.05, 0.1) is 6.42 Å². The molecule has 0 saturated carbocycles. The van der Waals surface area contributed by atoms with Crippen LogP contribution in [0.25, 0.3) is 0 Å². The third kappa shape index (κ3) is 4.13. The Kier molecular flexibility index (Phi) is 4.63. The van der Waals surface area contributed by atoms with E-state index in [1.165, 1.54) is 0 Å². The third-order valence-corrected chi connectivity index (χ3v) is 1.36. The SMILES string of the molecule is CC=C(CCC)CC(=O)O. The summed E-state index contributed by atoms with van der Waals surface area (Å²) >= 11 is 0. The van der Waals surface area contributed by atoms with Crippen molar-refractivity contribution in [2.45, 2.75) is 33.1 Å². The van der Waals surface area contributed by atoms with E-state index in [1.807, 2.05) is 19.9 Å². The number of carboxylic acid groups (broad SMARTS) is 1. The van der Waals surface area contributed by atoms with Gasteiger partial charge in [-0.2, -0.15) is 0 Å². The maximum Gasteiger partial charge on any atom is 0.307 e. The highest BCUT2D eigenvalue weighted by atomic mass is 16.4. The molecular weight excluding hydrogens is 128 g/mol. The lowest BCUT2D eigenvalue weighted by atomic mass is 10.1. The van der Waals surface area contributed by atoms with Crippen molar-refractivity contribution in [3.8, 4) is 0 Å². The van der Waals surface area contributed by atoms with Gasteiger partial charge in [-0.05, 0) is 13.3 Å². The molecule has 2 nitrogen and oxygen atoms in total. The minimum atomic E-state index is -0.735. The minimum absolute atomic E-state index is 0.199. The number of rotatable bonds is 4. The molecule has 0 heterocycles. The highest BCUT2D eigenvalue weighted by Crippen LogP contribution is 2.08. The normalized spacial score (nSPS) is 11.6. The average molecular weight is 142 g/mol. The van der Waals surface area contributed by atoms with E-state index in [1.54, 1.807) is 0 Å². The number of allylic oxidation sites excluding steroid dienone is 1. The first-order valence-corrected chi connectivity index (χ1v) is 3.56. The maximum atomic E-state index is 10.2. The van der Waals surface area contributed by atoms with Crippen molar-refractivity contribution in [3.05, 3.63) is 11.6 Å². The zero-order valence-corrected chi connectivity index (χ0v) is 6.55. The molecule has 0 amide bonds. The molecule has 58 valence electrons. The van der Waals surface area contributed by atoms with Gasteiger partial charge in [0.25, 0.3) is 0 Å². The second-order valence-electron chi connectivity index (χ2n) is 2.27. The molecular formula is C8H14O2. The molecule has 0 aliphatic rings. The van der Waals surface area contributed by atoms with Gasteiger partial charge in [0.1, 0.15) is 0 Å². The minimum Gasteiger partial charge on any atom is -0.481 e. The monoisotopic (exact) mass is 142 g/mol. The van der Waals surface area contributed by atoms with Crippen molar-refractivity contribution in [2.75, 3.05) is 0 Å². The van der Waals surface area contributed by atoms with Gasteiger partial charge >= 0.3 is 5.97 Å². The predicted octanol–water partition coefficient (Wildman–Crippen LogP) is 2.21. The Hall–Kier alpha value is -0.790. The smallest absolute Gasteiger partial charge is 0.307 e. The Bertz CT molecular complexity index is 136. The highest BCUT2D eigenvalue weighted by molar-refractivity contribution is 5.69. The van der Waals surface area contributed by atoms with Crippen LogP contribution < -0.4 is 0 Å². The van der Waals surface area contributed by atoms with Gasteiger partial charge in [-0.25, -0.2) is 0 Å². The van der Waals surface area contributed by atoms with Crippen LogP contribution in [0, 0.1) is 0 Å². The summed E-state index contributed by atoms with van der Waals surface area (Å²) in [5, 5.41) is 8.40. The lowest BCUT2D eigenvalue weighted by Gasteiger charge is -1.99. The molecule has 0 aliphatic heterocycles. The number of carbonyl (C=O) groups is 1. The van der Waals surface area contributed by atoms with Gasteiger partial charge in [0.2, 0.25) is 0 Å². The summed E-state index contributed by atoms with van der Waals surface area (Å²) in [4.78, 5) is 10.2. The van der Waals surface area contributed by atoms with Crippen LogP contribution in [0.3, 0.4) is 0 Å². The summed E-state index contributed by atoms with van der Waals surface area (Å²) in [6, 6.07) is 0. The van der Waals surface area contributed by atoms with Gasteiger partial charge in [-0.3, -0.25) is 4.79 Å². The third-order valence-electron chi connectivity index (χ3n) is 1.36. The Morgan fingerprint density at radius 2 is 2.20 bits per heavy atom. The van der Waals surface area contributed by atoms with Crippen molar-refractivity contribution in [3.63, 3.8) is 0 Å². The molecule has 0 aromatic rings. The van der Waals surface area contributed by atoms with E-state index < -0.39 is 5.97 Å². The second-order valence-corrected chi connectivity index (χ2v) is 2.27. The predicted molar refractivity (Wildman–Crippen MR) is 40.9 cm³/mol. The Morgan fingerprint density at radius 1 is 1.60 bits per heavy atom. The number of hydrogen-bond donors (Lipinski definition) is 1. The molecule has 0 spiro atoms. The molecule has 0 rings (SSSR count). The molecule has 0 fully saturated rings. The van der Waals surface area contributed by atoms with Crippen LogP contribution in [0.4, 0.5) is 0 Å². The Morgan fingerprint density at radius 3 is 2.50 bits per heavy atom. The van der Waals surface area contributed by atoms with E-state index in [-0.39, 0.29) is 6.42 Å². The second kappa shape index (κ2) is 5.03. The fourth-order valence-corrected chi connectivity index (χ4v) is 0.850. The summed E-state index contributed by atoms with van der Waals surface area (Å²) in [5.74, 6) is -0.735. The molecule has 0 unspecified atom stereocenters. The van der Waals surface area contributed by atoms with Crippen molar-refractivity contribution in [2.24, 2.45) is 0 Å². The number of carboxylic acids is 1.